The number of hydrogen-bond donors (Lipinski definition) is 1. The average Bonchev–Trinajstić information content (AvgIpc) is 3.24. The van der Waals surface area contributed by atoms with Crippen LogP contribution < -0.4 is 14.8 Å². The molecule has 1 heterocycles. The molecule has 1 amide bonds. The second kappa shape index (κ2) is 8.71. The first-order chi connectivity index (χ1) is 15.1. The lowest BCUT2D eigenvalue weighted by atomic mass is 10.1. The molecule has 1 aromatic heterocycles. The Hall–Kier alpha value is -4.13. The third-order valence-corrected chi connectivity index (χ3v) is 4.73. The predicted molar refractivity (Wildman–Crippen MR) is 116 cm³/mol. The summed E-state index contributed by atoms with van der Waals surface area (Å²) in [7, 11) is 3.11. The number of carbonyl (C=O) groups excluding carboxylic acids is 1. The summed E-state index contributed by atoms with van der Waals surface area (Å²) in [6, 6.07) is 20.5. The van der Waals surface area contributed by atoms with Crippen LogP contribution in [-0.4, -0.2) is 29.9 Å². The molecule has 0 atom stereocenters. The average molecular weight is 417 g/mol. The summed E-state index contributed by atoms with van der Waals surface area (Å²) in [4.78, 5) is 13.1. The number of rotatable bonds is 6. The molecule has 0 fully saturated rings. The number of hydrogen-bond acceptors (Lipinski definition) is 4. The van der Waals surface area contributed by atoms with Crippen molar-refractivity contribution in [3.63, 3.8) is 0 Å². The smallest absolute Gasteiger partial charge is 0.259 e. The van der Waals surface area contributed by atoms with E-state index in [9.17, 15) is 9.18 Å². The number of halogens is 1. The maximum atomic E-state index is 13.6. The van der Waals surface area contributed by atoms with E-state index >= 15 is 0 Å². The molecule has 0 saturated carbocycles. The molecule has 156 valence electrons. The van der Waals surface area contributed by atoms with Gasteiger partial charge in [-0.2, -0.15) is 5.10 Å². The number of anilines is 1. The molecule has 0 saturated heterocycles. The largest absolute Gasteiger partial charge is 0.497 e. The molecular formula is C24H20FN3O3. The van der Waals surface area contributed by atoms with Crippen molar-refractivity contribution in [3.8, 4) is 28.4 Å². The fraction of sp³-hybridized carbons (Fsp3) is 0.0833. The molecule has 6 nitrogen and oxygen atoms in total. The number of benzene rings is 3. The Morgan fingerprint density at radius 3 is 2.48 bits per heavy atom. The topological polar surface area (TPSA) is 65.4 Å². The number of para-hydroxylation sites is 1. The van der Waals surface area contributed by atoms with E-state index in [2.05, 4.69) is 10.4 Å². The van der Waals surface area contributed by atoms with Crippen LogP contribution in [0.4, 0.5) is 10.1 Å². The van der Waals surface area contributed by atoms with Gasteiger partial charge in [-0.05, 0) is 42.5 Å². The summed E-state index contributed by atoms with van der Waals surface area (Å²) >= 11 is 0. The van der Waals surface area contributed by atoms with Crippen LogP contribution in [0.1, 0.15) is 10.4 Å². The van der Waals surface area contributed by atoms with Gasteiger partial charge in [-0.1, -0.05) is 24.3 Å². The number of aromatic nitrogens is 2. The standard InChI is InChI=1S/C24H20FN3O3/c1-30-19-11-12-20(22(14-19)31-2)23-21(15-28(27-23)18-9-4-3-5-10-18)24(29)26-17-8-6-7-16(25)13-17/h3-15H,1-2H3,(H,26,29). The molecule has 4 rings (SSSR count). The van der Waals surface area contributed by atoms with Crippen LogP contribution >= 0.6 is 0 Å². The minimum Gasteiger partial charge on any atom is -0.497 e. The van der Waals surface area contributed by atoms with E-state index in [4.69, 9.17) is 9.47 Å². The van der Waals surface area contributed by atoms with Crippen LogP contribution in [-0.2, 0) is 0 Å². The minimum absolute atomic E-state index is 0.316. The van der Waals surface area contributed by atoms with Gasteiger partial charge < -0.3 is 14.8 Å². The van der Waals surface area contributed by atoms with E-state index in [1.54, 1.807) is 49.4 Å². The van der Waals surface area contributed by atoms with Gasteiger partial charge in [-0.3, -0.25) is 4.79 Å². The lowest BCUT2D eigenvalue weighted by molar-refractivity contribution is 0.102. The van der Waals surface area contributed by atoms with Gasteiger partial charge in [0.05, 0.1) is 25.5 Å². The molecule has 1 N–H and O–H groups in total. The first-order valence-corrected chi connectivity index (χ1v) is 9.53. The summed E-state index contributed by atoms with van der Waals surface area (Å²) < 4.78 is 26.0. The number of amides is 1. The molecular weight excluding hydrogens is 397 g/mol. The van der Waals surface area contributed by atoms with E-state index in [-0.39, 0.29) is 0 Å². The van der Waals surface area contributed by atoms with Crippen molar-refractivity contribution in [1.82, 2.24) is 9.78 Å². The summed E-state index contributed by atoms with van der Waals surface area (Å²) in [5, 5.41) is 7.39. The first kappa shape index (κ1) is 20.2. The first-order valence-electron chi connectivity index (χ1n) is 9.53. The van der Waals surface area contributed by atoms with Crippen molar-refractivity contribution in [2.75, 3.05) is 19.5 Å². The predicted octanol–water partition coefficient (Wildman–Crippen LogP) is 4.95. The molecule has 0 bridgehead atoms. The highest BCUT2D eigenvalue weighted by atomic mass is 19.1. The van der Waals surface area contributed by atoms with Crippen molar-refractivity contribution in [2.24, 2.45) is 0 Å². The van der Waals surface area contributed by atoms with Crippen molar-refractivity contribution in [2.45, 2.75) is 0 Å². The number of nitrogens with one attached hydrogen (secondary N) is 1. The zero-order chi connectivity index (χ0) is 21.8. The highest BCUT2D eigenvalue weighted by Crippen LogP contribution is 2.35. The summed E-state index contributed by atoms with van der Waals surface area (Å²) in [5.74, 6) is 0.279. The molecule has 0 radical (unpaired) electrons. The van der Waals surface area contributed by atoms with Crippen LogP contribution in [0.3, 0.4) is 0 Å². The van der Waals surface area contributed by atoms with E-state index in [0.717, 1.165) is 5.69 Å². The molecule has 0 spiro atoms. The Morgan fingerprint density at radius 1 is 0.968 bits per heavy atom. The SMILES string of the molecule is COc1ccc(-c2nn(-c3ccccc3)cc2C(=O)Nc2cccc(F)c2)c(OC)c1. The Bertz CT molecular complexity index is 1220. The van der Waals surface area contributed by atoms with Crippen molar-refractivity contribution >= 4 is 11.6 Å². The summed E-state index contributed by atoms with van der Waals surface area (Å²) in [5.41, 5.74) is 2.52. The molecule has 3 aromatic carbocycles. The normalized spacial score (nSPS) is 10.5. The van der Waals surface area contributed by atoms with Gasteiger partial charge >= 0.3 is 0 Å². The highest BCUT2D eigenvalue weighted by molar-refractivity contribution is 6.08. The lowest BCUT2D eigenvalue weighted by Gasteiger charge is -2.10. The zero-order valence-electron chi connectivity index (χ0n) is 17.0. The molecule has 0 aliphatic carbocycles. The fourth-order valence-electron chi connectivity index (χ4n) is 3.21. The van der Waals surface area contributed by atoms with Gasteiger partial charge in [0.2, 0.25) is 0 Å². The molecule has 31 heavy (non-hydrogen) atoms. The summed E-state index contributed by atoms with van der Waals surface area (Å²) in [6.45, 7) is 0. The maximum Gasteiger partial charge on any atom is 0.259 e. The second-order valence-electron chi connectivity index (χ2n) is 6.70. The van der Waals surface area contributed by atoms with Crippen molar-refractivity contribution in [1.29, 1.82) is 0 Å². The maximum absolute atomic E-state index is 13.6. The van der Waals surface area contributed by atoms with Crippen LogP contribution in [0.2, 0.25) is 0 Å². The van der Waals surface area contributed by atoms with E-state index in [0.29, 0.717) is 34.0 Å². The third kappa shape index (κ3) is 4.25. The lowest BCUT2D eigenvalue weighted by Crippen LogP contribution is -2.12. The van der Waals surface area contributed by atoms with E-state index < -0.39 is 11.7 Å². The molecule has 7 heteroatoms. The summed E-state index contributed by atoms with van der Waals surface area (Å²) in [6.07, 6.45) is 1.64. The van der Waals surface area contributed by atoms with Crippen molar-refractivity contribution in [3.05, 3.63) is 90.4 Å². The Kier molecular flexibility index (Phi) is 5.66. The molecule has 4 aromatic rings. The molecule has 0 aliphatic heterocycles. The van der Waals surface area contributed by atoms with Crippen LogP contribution in [0.15, 0.2) is 79.0 Å². The number of ether oxygens (including phenoxy) is 2. The number of nitrogens with zero attached hydrogens (tertiary/aromatic N) is 2. The van der Waals surface area contributed by atoms with Gasteiger partial charge in [0.25, 0.3) is 5.91 Å². The van der Waals surface area contributed by atoms with Gasteiger partial charge in [0.15, 0.2) is 0 Å². The van der Waals surface area contributed by atoms with Gasteiger partial charge in [0.1, 0.15) is 23.0 Å². The van der Waals surface area contributed by atoms with Gasteiger partial charge in [-0.15, -0.1) is 0 Å². The van der Waals surface area contributed by atoms with Crippen LogP contribution in [0.25, 0.3) is 16.9 Å². The minimum atomic E-state index is -0.435. The van der Waals surface area contributed by atoms with Crippen LogP contribution in [0, 0.1) is 5.82 Å². The number of carbonyl (C=O) groups is 1. The van der Waals surface area contributed by atoms with Gasteiger partial charge in [0, 0.05) is 23.5 Å². The van der Waals surface area contributed by atoms with Crippen LogP contribution in [0.5, 0.6) is 11.5 Å². The van der Waals surface area contributed by atoms with Crippen molar-refractivity contribution < 1.29 is 18.7 Å². The quantitative estimate of drug-likeness (QED) is 0.482. The second-order valence-corrected chi connectivity index (χ2v) is 6.70. The highest BCUT2D eigenvalue weighted by Gasteiger charge is 2.22. The van der Waals surface area contributed by atoms with E-state index in [1.807, 2.05) is 30.3 Å². The van der Waals surface area contributed by atoms with Gasteiger partial charge in [-0.25, -0.2) is 9.07 Å². The molecule has 0 unspecified atom stereocenters. The third-order valence-electron chi connectivity index (χ3n) is 4.73. The Morgan fingerprint density at radius 2 is 1.77 bits per heavy atom. The number of methoxy groups -OCH3 is 2. The molecule has 0 aliphatic rings. The fourth-order valence-corrected chi connectivity index (χ4v) is 3.21. The Balaban J connectivity index is 1.82. The zero-order valence-corrected chi connectivity index (χ0v) is 17.0. The van der Waals surface area contributed by atoms with E-state index in [1.165, 1.54) is 18.2 Å². The monoisotopic (exact) mass is 417 g/mol. The Labute approximate surface area is 178 Å².